The summed E-state index contributed by atoms with van der Waals surface area (Å²) in [4.78, 5) is 6.65. The molecule has 3 aliphatic rings. The zero-order valence-electron chi connectivity index (χ0n) is 14.3. The number of aliphatic hydroxyl groups excluding tert-OH is 1. The maximum atomic E-state index is 13.0. The summed E-state index contributed by atoms with van der Waals surface area (Å²) in [6.07, 6.45) is 2.54. The third-order valence-corrected chi connectivity index (χ3v) is 5.67. The van der Waals surface area contributed by atoms with Crippen LogP contribution < -0.4 is 5.32 Å². The van der Waals surface area contributed by atoms with Gasteiger partial charge >= 0.3 is 0 Å². The molecule has 0 aliphatic carbocycles. The van der Waals surface area contributed by atoms with Gasteiger partial charge in [-0.2, -0.15) is 0 Å². The smallest absolute Gasteiger partial charge is 0.193 e. The number of likely N-dealkylation sites (tertiary alicyclic amines) is 1. The number of nitrogens with one attached hydrogen (secondary N) is 1. The Morgan fingerprint density at radius 1 is 1.28 bits per heavy atom. The maximum Gasteiger partial charge on any atom is 0.193 e. The first-order chi connectivity index (χ1) is 11.7. The fourth-order valence-electron chi connectivity index (χ4n) is 4.46. The molecule has 0 spiro atoms. The standard InChI is InChI=1S/C18H24FN3O2.HI/c1-20-18(21-8-15(23)11-2-4-12(19)5-3-11)22-9-13-14(10-22)17-7-6-16(13)24-17;/h2-5,13-17,23H,6-10H2,1H3,(H,20,21);1H. The Balaban J connectivity index is 0.00000182. The van der Waals surface area contributed by atoms with Gasteiger partial charge in [0.15, 0.2) is 5.96 Å². The second kappa shape index (κ2) is 7.75. The van der Waals surface area contributed by atoms with Crippen LogP contribution in [0.5, 0.6) is 0 Å². The molecule has 0 saturated carbocycles. The quantitative estimate of drug-likeness (QED) is 0.412. The van der Waals surface area contributed by atoms with Crippen molar-refractivity contribution in [2.45, 2.75) is 31.2 Å². The normalized spacial score (nSPS) is 31.6. The predicted molar refractivity (Wildman–Crippen MR) is 105 cm³/mol. The van der Waals surface area contributed by atoms with Gasteiger partial charge < -0.3 is 20.1 Å². The minimum absolute atomic E-state index is 0. The molecule has 25 heavy (non-hydrogen) atoms. The van der Waals surface area contributed by atoms with Crippen molar-refractivity contribution in [1.82, 2.24) is 10.2 Å². The summed E-state index contributed by atoms with van der Waals surface area (Å²) < 4.78 is 19.0. The minimum Gasteiger partial charge on any atom is -0.387 e. The molecular formula is C18H25FIN3O2. The van der Waals surface area contributed by atoms with Gasteiger partial charge in [-0.3, -0.25) is 4.99 Å². The number of aliphatic imine (C=N–C) groups is 1. The molecule has 0 radical (unpaired) electrons. The molecule has 7 heteroatoms. The number of benzene rings is 1. The number of hydrogen-bond acceptors (Lipinski definition) is 3. The summed E-state index contributed by atoms with van der Waals surface area (Å²) in [5.41, 5.74) is 0.698. The van der Waals surface area contributed by atoms with Crippen LogP contribution >= 0.6 is 24.0 Å². The van der Waals surface area contributed by atoms with Crippen LogP contribution in [0.4, 0.5) is 4.39 Å². The van der Waals surface area contributed by atoms with Crippen LogP contribution in [-0.2, 0) is 4.74 Å². The second-order valence-electron chi connectivity index (χ2n) is 7.02. The first-order valence-corrected chi connectivity index (χ1v) is 8.70. The molecule has 3 saturated heterocycles. The van der Waals surface area contributed by atoms with E-state index in [9.17, 15) is 9.50 Å². The fraction of sp³-hybridized carbons (Fsp3) is 0.611. The molecule has 4 rings (SSSR count). The average molecular weight is 461 g/mol. The molecule has 5 nitrogen and oxygen atoms in total. The van der Waals surface area contributed by atoms with Gasteiger partial charge in [0.25, 0.3) is 0 Å². The van der Waals surface area contributed by atoms with E-state index in [4.69, 9.17) is 4.74 Å². The maximum absolute atomic E-state index is 13.0. The highest BCUT2D eigenvalue weighted by Crippen LogP contribution is 2.47. The Hall–Kier alpha value is -0.930. The number of guanidine groups is 1. The summed E-state index contributed by atoms with van der Waals surface area (Å²) in [7, 11) is 1.77. The number of hydrogen-bond donors (Lipinski definition) is 2. The van der Waals surface area contributed by atoms with E-state index in [1.165, 1.54) is 25.0 Å². The van der Waals surface area contributed by atoms with Crippen molar-refractivity contribution in [1.29, 1.82) is 0 Å². The largest absolute Gasteiger partial charge is 0.387 e. The van der Waals surface area contributed by atoms with Crippen molar-refractivity contribution < 1.29 is 14.2 Å². The number of nitrogens with zero attached hydrogens (tertiary/aromatic N) is 2. The Morgan fingerprint density at radius 3 is 2.44 bits per heavy atom. The lowest BCUT2D eigenvalue weighted by Crippen LogP contribution is -2.42. The topological polar surface area (TPSA) is 57.1 Å². The van der Waals surface area contributed by atoms with E-state index in [1.54, 1.807) is 19.2 Å². The number of aliphatic hydroxyl groups is 1. The third-order valence-electron chi connectivity index (χ3n) is 5.67. The van der Waals surface area contributed by atoms with Crippen molar-refractivity contribution in [2.75, 3.05) is 26.7 Å². The number of halogens is 2. The molecule has 2 bridgehead atoms. The molecule has 3 fully saturated rings. The molecule has 3 aliphatic heterocycles. The Kier molecular flexibility index (Phi) is 5.85. The van der Waals surface area contributed by atoms with Crippen molar-refractivity contribution in [3.8, 4) is 0 Å². The van der Waals surface area contributed by atoms with Crippen molar-refractivity contribution in [2.24, 2.45) is 16.8 Å². The van der Waals surface area contributed by atoms with Gasteiger partial charge in [0.1, 0.15) is 5.82 Å². The van der Waals surface area contributed by atoms with Gasteiger partial charge in [-0.15, -0.1) is 24.0 Å². The predicted octanol–water partition coefficient (Wildman–Crippen LogP) is 2.16. The van der Waals surface area contributed by atoms with Crippen LogP contribution in [0.15, 0.2) is 29.3 Å². The van der Waals surface area contributed by atoms with Crippen molar-refractivity contribution in [3.05, 3.63) is 35.6 Å². The second-order valence-corrected chi connectivity index (χ2v) is 7.02. The first kappa shape index (κ1) is 18.8. The lowest BCUT2D eigenvalue weighted by molar-refractivity contribution is 0.0766. The van der Waals surface area contributed by atoms with E-state index in [1.807, 2.05) is 0 Å². The zero-order chi connectivity index (χ0) is 16.7. The molecule has 3 heterocycles. The fourth-order valence-corrected chi connectivity index (χ4v) is 4.46. The molecule has 0 aromatic heterocycles. The molecule has 1 aromatic rings. The zero-order valence-corrected chi connectivity index (χ0v) is 16.6. The third kappa shape index (κ3) is 3.64. The van der Waals surface area contributed by atoms with Crippen LogP contribution in [0.1, 0.15) is 24.5 Å². The summed E-state index contributed by atoms with van der Waals surface area (Å²) in [5, 5.41) is 13.5. The van der Waals surface area contributed by atoms with E-state index < -0.39 is 6.10 Å². The highest BCUT2D eigenvalue weighted by molar-refractivity contribution is 14.0. The molecule has 5 unspecified atom stereocenters. The number of ether oxygens (including phenoxy) is 1. The molecule has 138 valence electrons. The summed E-state index contributed by atoms with van der Waals surface area (Å²) >= 11 is 0. The van der Waals surface area contributed by atoms with Gasteiger partial charge in [0.2, 0.25) is 0 Å². The SMILES string of the molecule is CN=C(NCC(O)c1ccc(F)cc1)N1CC2C3CCC(O3)C2C1.I. The molecular weight excluding hydrogens is 436 g/mol. The van der Waals surface area contributed by atoms with E-state index in [-0.39, 0.29) is 29.8 Å². The van der Waals surface area contributed by atoms with Gasteiger partial charge in [-0.05, 0) is 30.5 Å². The molecule has 2 N–H and O–H groups in total. The van der Waals surface area contributed by atoms with Crippen molar-refractivity contribution in [3.63, 3.8) is 0 Å². The lowest BCUT2D eigenvalue weighted by Gasteiger charge is -2.24. The Labute approximate surface area is 164 Å². The Morgan fingerprint density at radius 2 is 1.88 bits per heavy atom. The van der Waals surface area contributed by atoms with E-state index in [0.29, 0.717) is 36.2 Å². The van der Waals surface area contributed by atoms with Gasteiger partial charge in [0, 0.05) is 38.5 Å². The van der Waals surface area contributed by atoms with Crippen LogP contribution in [0.2, 0.25) is 0 Å². The van der Waals surface area contributed by atoms with Gasteiger partial charge in [0.05, 0.1) is 18.3 Å². The summed E-state index contributed by atoms with van der Waals surface area (Å²) in [6.45, 7) is 2.30. The van der Waals surface area contributed by atoms with E-state index in [2.05, 4.69) is 15.2 Å². The molecule has 1 aromatic carbocycles. The number of fused-ring (bicyclic) bond motifs is 5. The monoisotopic (exact) mass is 461 g/mol. The summed E-state index contributed by atoms with van der Waals surface area (Å²) in [5.74, 6) is 1.76. The molecule has 5 atom stereocenters. The van der Waals surface area contributed by atoms with Crippen LogP contribution in [0.3, 0.4) is 0 Å². The Bertz CT molecular complexity index is 609. The van der Waals surface area contributed by atoms with Crippen LogP contribution in [0.25, 0.3) is 0 Å². The van der Waals surface area contributed by atoms with Gasteiger partial charge in [-0.25, -0.2) is 4.39 Å². The lowest BCUT2D eigenvalue weighted by atomic mass is 9.82. The van der Waals surface area contributed by atoms with Crippen molar-refractivity contribution >= 4 is 29.9 Å². The van der Waals surface area contributed by atoms with Gasteiger partial charge in [-0.1, -0.05) is 12.1 Å². The van der Waals surface area contributed by atoms with Crippen LogP contribution in [0, 0.1) is 17.7 Å². The highest BCUT2D eigenvalue weighted by atomic mass is 127. The highest BCUT2D eigenvalue weighted by Gasteiger charge is 2.53. The average Bonchev–Trinajstić information content (AvgIpc) is 3.29. The van der Waals surface area contributed by atoms with Crippen LogP contribution in [-0.4, -0.2) is 54.9 Å². The van der Waals surface area contributed by atoms with E-state index >= 15 is 0 Å². The number of rotatable bonds is 3. The minimum atomic E-state index is -0.691. The van der Waals surface area contributed by atoms with E-state index in [0.717, 1.165) is 19.0 Å². The summed E-state index contributed by atoms with van der Waals surface area (Å²) in [6, 6.07) is 5.95. The molecule has 0 amide bonds. The first-order valence-electron chi connectivity index (χ1n) is 8.70.